The van der Waals surface area contributed by atoms with Crippen LogP contribution >= 0.6 is 11.6 Å². The first-order valence-corrected chi connectivity index (χ1v) is 6.00. The second kappa shape index (κ2) is 4.52. The fraction of sp³-hybridized carbons (Fsp3) is 0.200. The maximum atomic E-state index is 6.05. The van der Waals surface area contributed by atoms with Gasteiger partial charge in [0.1, 0.15) is 0 Å². The van der Waals surface area contributed by atoms with Crippen molar-refractivity contribution in [3.8, 4) is 11.1 Å². The number of benzene rings is 2. The molecule has 2 N–H and O–H groups in total. The molecule has 2 heteroatoms. The van der Waals surface area contributed by atoms with Gasteiger partial charge in [-0.2, -0.15) is 0 Å². The predicted octanol–water partition coefficient (Wildman–Crippen LogP) is 4.20. The molecule has 0 unspecified atom stereocenters. The molecule has 0 saturated heterocycles. The first-order valence-electron chi connectivity index (χ1n) is 5.62. The van der Waals surface area contributed by atoms with Gasteiger partial charge >= 0.3 is 0 Å². The van der Waals surface area contributed by atoms with E-state index in [1.807, 2.05) is 38.1 Å². The summed E-state index contributed by atoms with van der Waals surface area (Å²) in [4.78, 5) is 0. The van der Waals surface area contributed by atoms with Crippen molar-refractivity contribution in [1.29, 1.82) is 0 Å². The summed E-state index contributed by atoms with van der Waals surface area (Å²) in [6.07, 6.45) is 0. The minimum absolute atomic E-state index is 0.293. The van der Waals surface area contributed by atoms with Crippen LogP contribution in [-0.2, 0) is 5.54 Å². The van der Waals surface area contributed by atoms with Crippen LogP contribution in [0.2, 0.25) is 5.02 Å². The molecular weight excluding hydrogens is 230 g/mol. The molecule has 0 aliphatic carbocycles. The molecule has 0 aromatic heterocycles. The first-order chi connectivity index (χ1) is 7.97. The van der Waals surface area contributed by atoms with E-state index >= 15 is 0 Å². The largest absolute Gasteiger partial charge is 0.322 e. The number of hydrogen-bond acceptors (Lipinski definition) is 1. The van der Waals surface area contributed by atoms with Gasteiger partial charge in [0.25, 0.3) is 0 Å². The summed E-state index contributed by atoms with van der Waals surface area (Å²) < 4.78 is 0. The molecule has 0 spiro atoms. The smallest absolute Gasteiger partial charge is 0.0406 e. The highest BCUT2D eigenvalue weighted by Crippen LogP contribution is 2.24. The van der Waals surface area contributed by atoms with E-state index in [1.54, 1.807) is 0 Å². The van der Waals surface area contributed by atoms with Gasteiger partial charge in [-0.3, -0.25) is 0 Å². The van der Waals surface area contributed by atoms with Crippen LogP contribution in [-0.4, -0.2) is 0 Å². The van der Waals surface area contributed by atoms with Crippen molar-refractivity contribution in [3.63, 3.8) is 0 Å². The minimum atomic E-state index is -0.293. The molecule has 2 aromatic rings. The molecule has 2 aromatic carbocycles. The van der Waals surface area contributed by atoms with Crippen LogP contribution in [0.3, 0.4) is 0 Å². The zero-order chi connectivity index (χ0) is 12.5. The third-order valence-electron chi connectivity index (χ3n) is 2.81. The zero-order valence-electron chi connectivity index (χ0n) is 10.1. The Morgan fingerprint density at radius 3 is 1.65 bits per heavy atom. The van der Waals surface area contributed by atoms with Crippen LogP contribution in [0.1, 0.15) is 19.4 Å². The molecule has 0 saturated carbocycles. The Labute approximate surface area is 107 Å². The normalized spacial score (nSPS) is 11.5. The fourth-order valence-corrected chi connectivity index (χ4v) is 1.86. The molecule has 0 bridgehead atoms. The molecule has 0 fully saturated rings. The summed E-state index contributed by atoms with van der Waals surface area (Å²) in [6.45, 7) is 4.01. The van der Waals surface area contributed by atoms with Gasteiger partial charge in [-0.05, 0) is 42.7 Å². The Balaban J connectivity index is 2.33. The molecule has 0 heterocycles. The molecule has 0 aliphatic rings. The lowest BCUT2D eigenvalue weighted by Crippen LogP contribution is -2.28. The second-order valence-corrected chi connectivity index (χ2v) is 5.24. The van der Waals surface area contributed by atoms with Crippen LogP contribution in [0.5, 0.6) is 0 Å². The Bertz CT molecular complexity index is 492. The Morgan fingerprint density at radius 1 is 0.824 bits per heavy atom. The van der Waals surface area contributed by atoms with Gasteiger partial charge in [0.05, 0.1) is 0 Å². The molecular formula is C15H16ClN. The van der Waals surface area contributed by atoms with Gasteiger partial charge in [-0.25, -0.2) is 0 Å². The van der Waals surface area contributed by atoms with E-state index in [0.717, 1.165) is 16.1 Å². The van der Waals surface area contributed by atoms with E-state index in [2.05, 4.69) is 24.3 Å². The van der Waals surface area contributed by atoms with Gasteiger partial charge < -0.3 is 5.73 Å². The fourth-order valence-electron chi connectivity index (χ4n) is 1.73. The second-order valence-electron chi connectivity index (χ2n) is 4.81. The van der Waals surface area contributed by atoms with Crippen molar-refractivity contribution >= 4 is 11.6 Å². The lowest BCUT2D eigenvalue weighted by molar-refractivity contribution is 0.554. The van der Waals surface area contributed by atoms with Crippen molar-refractivity contribution in [2.75, 3.05) is 0 Å². The van der Waals surface area contributed by atoms with Crippen LogP contribution in [0.15, 0.2) is 48.5 Å². The maximum Gasteiger partial charge on any atom is 0.0406 e. The summed E-state index contributed by atoms with van der Waals surface area (Å²) in [5.74, 6) is 0. The minimum Gasteiger partial charge on any atom is -0.322 e. The highest BCUT2D eigenvalue weighted by molar-refractivity contribution is 6.30. The van der Waals surface area contributed by atoms with E-state index in [0.29, 0.717) is 0 Å². The van der Waals surface area contributed by atoms with Crippen molar-refractivity contribution in [1.82, 2.24) is 0 Å². The Morgan fingerprint density at radius 2 is 1.24 bits per heavy atom. The van der Waals surface area contributed by atoms with Crippen molar-refractivity contribution in [2.24, 2.45) is 5.73 Å². The highest BCUT2D eigenvalue weighted by atomic mass is 35.5. The van der Waals surface area contributed by atoms with Gasteiger partial charge in [-0.1, -0.05) is 48.0 Å². The number of nitrogens with two attached hydrogens (primary N) is 1. The van der Waals surface area contributed by atoms with Crippen molar-refractivity contribution < 1.29 is 0 Å². The standard InChI is InChI=1S/C15H16ClN/c1-15(2,17)13-7-3-11(4-8-13)12-5-9-14(16)10-6-12/h3-10H,17H2,1-2H3. The SMILES string of the molecule is CC(C)(N)c1ccc(-c2ccc(Cl)cc2)cc1. The molecule has 17 heavy (non-hydrogen) atoms. The van der Waals surface area contributed by atoms with E-state index in [9.17, 15) is 0 Å². The van der Waals surface area contributed by atoms with Gasteiger partial charge in [-0.15, -0.1) is 0 Å². The van der Waals surface area contributed by atoms with E-state index < -0.39 is 0 Å². The third kappa shape index (κ3) is 2.87. The topological polar surface area (TPSA) is 26.0 Å². The van der Waals surface area contributed by atoms with E-state index in [-0.39, 0.29) is 5.54 Å². The Hall–Kier alpha value is -1.31. The number of halogens is 1. The molecule has 0 atom stereocenters. The Kier molecular flexibility index (Phi) is 3.23. The van der Waals surface area contributed by atoms with Crippen LogP contribution < -0.4 is 5.73 Å². The average molecular weight is 246 g/mol. The molecule has 88 valence electrons. The van der Waals surface area contributed by atoms with Crippen LogP contribution in [0, 0.1) is 0 Å². The van der Waals surface area contributed by atoms with Crippen molar-refractivity contribution in [3.05, 3.63) is 59.1 Å². The first kappa shape index (κ1) is 12.2. The summed E-state index contributed by atoms with van der Waals surface area (Å²) in [7, 11) is 0. The average Bonchev–Trinajstić information content (AvgIpc) is 2.29. The summed E-state index contributed by atoms with van der Waals surface area (Å²) >= 11 is 5.87. The van der Waals surface area contributed by atoms with Gasteiger partial charge in [0.2, 0.25) is 0 Å². The lowest BCUT2D eigenvalue weighted by atomic mass is 9.93. The number of rotatable bonds is 2. The molecule has 0 aliphatic heterocycles. The number of hydrogen-bond donors (Lipinski definition) is 1. The lowest BCUT2D eigenvalue weighted by Gasteiger charge is -2.19. The van der Waals surface area contributed by atoms with Crippen LogP contribution in [0.25, 0.3) is 11.1 Å². The summed E-state index contributed by atoms with van der Waals surface area (Å²) in [5.41, 5.74) is 9.23. The zero-order valence-corrected chi connectivity index (χ0v) is 10.8. The van der Waals surface area contributed by atoms with Gasteiger partial charge in [0, 0.05) is 10.6 Å². The quantitative estimate of drug-likeness (QED) is 0.843. The summed E-state index contributed by atoms with van der Waals surface area (Å²) in [6, 6.07) is 16.2. The molecule has 0 amide bonds. The monoisotopic (exact) mass is 245 g/mol. The van der Waals surface area contributed by atoms with Crippen LogP contribution in [0.4, 0.5) is 0 Å². The van der Waals surface area contributed by atoms with Gasteiger partial charge in [0.15, 0.2) is 0 Å². The molecule has 2 rings (SSSR count). The third-order valence-corrected chi connectivity index (χ3v) is 3.06. The highest BCUT2D eigenvalue weighted by Gasteiger charge is 2.13. The summed E-state index contributed by atoms with van der Waals surface area (Å²) in [5, 5.41) is 0.758. The predicted molar refractivity (Wildman–Crippen MR) is 74.1 cm³/mol. The maximum absolute atomic E-state index is 6.05. The molecule has 1 nitrogen and oxygen atoms in total. The van der Waals surface area contributed by atoms with E-state index in [1.165, 1.54) is 5.56 Å². The molecule has 0 radical (unpaired) electrons. The van der Waals surface area contributed by atoms with Crippen molar-refractivity contribution in [2.45, 2.75) is 19.4 Å². The van der Waals surface area contributed by atoms with E-state index in [4.69, 9.17) is 17.3 Å².